The highest BCUT2D eigenvalue weighted by Gasteiger charge is 2.16. The molecule has 8 rings (SSSR count). The van der Waals surface area contributed by atoms with E-state index in [4.69, 9.17) is 0 Å². The van der Waals surface area contributed by atoms with Gasteiger partial charge in [0, 0.05) is 37.2 Å². The van der Waals surface area contributed by atoms with Gasteiger partial charge in [0.05, 0.1) is 0 Å². The SMILES string of the molecule is c1ccc(N(c2ccccc2)c2ccc3c(ccc4ccc5ccc6sc7ccccc7c6c5c43)c2)cc1. The van der Waals surface area contributed by atoms with Gasteiger partial charge in [-0.2, -0.15) is 0 Å². The smallest absolute Gasteiger partial charge is 0.0468 e. The maximum Gasteiger partial charge on any atom is 0.0468 e. The summed E-state index contributed by atoms with van der Waals surface area (Å²) < 4.78 is 2.69. The van der Waals surface area contributed by atoms with Crippen LogP contribution in [-0.4, -0.2) is 0 Å². The zero-order valence-electron chi connectivity index (χ0n) is 20.6. The molecule has 0 atom stereocenters. The van der Waals surface area contributed by atoms with Gasteiger partial charge in [0.25, 0.3) is 0 Å². The average molecular weight is 502 g/mol. The number of thiophene rings is 1. The van der Waals surface area contributed by atoms with E-state index in [0.717, 1.165) is 17.1 Å². The van der Waals surface area contributed by atoms with Gasteiger partial charge in [-0.05, 0) is 80.8 Å². The summed E-state index contributed by atoms with van der Waals surface area (Å²) in [6.07, 6.45) is 0. The quantitative estimate of drug-likeness (QED) is 0.218. The van der Waals surface area contributed by atoms with Gasteiger partial charge in [0.2, 0.25) is 0 Å². The largest absolute Gasteiger partial charge is 0.310 e. The van der Waals surface area contributed by atoms with Gasteiger partial charge < -0.3 is 4.90 Å². The predicted molar refractivity (Wildman–Crippen MR) is 167 cm³/mol. The fourth-order valence-corrected chi connectivity index (χ4v) is 7.03. The molecular formula is C36H23NS. The molecule has 0 N–H and O–H groups in total. The highest BCUT2D eigenvalue weighted by atomic mass is 32.1. The molecule has 0 radical (unpaired) electrons. The van der Waals surface area contributed by atoms with Crippen molar-refractivity contribution in [1.29, 1.82) is 0 Å². The third-order valence-electron chi connectivity index (χ3n) is 7.59. The summed E-state index contributed by atoms with van der Waals surface area (Å²) in [5.41, 5.74) is 3.45. The molecule has 1 heterocycles. The van der Waals surface area contributed by atoms with Crippen molar-refractivity contribution in [2.45, 2.75) is 0 Å². The van der Waals surface area contributed by atoms with Crippen molar-refractivity contribution in [1.82, 2.24) is 0 Å². The van der Waals surface area contributed by atoms with Crippen molar-refractivity contribution < 1.29 is 0 Å². The highest BCUT2D eigenvalue weighted by Crippen LogP contribution is 2.44. The van der Waals surface area contributed by atoms with Crippen LogP contribution in [0.2, 0.25) is 0 Å². The average Bonchev–Trinajstić information content (AvgIpc) is 3.37. The Hall–Kier alpha value is -4.66. The molecule has 0 spiro atoms. The molecule has 0 aliphatic heterocycles. The van der Waals surface area contributed by atoms with Gasteiger partial charge in [-0.15, -0.1) is 11.3 Å². The summed E-state index contributed by atoms with van der Waals surface area (Å²) in [5.74, 6) is 0. The van der Waals surface area contributed by atoms with Gasteiger partial charge in [-0.25, -0.2) is 0 Å². The Labute approximate surface area is 224 Å². The number of para-hydroxylation sites is 2. The van der Waals surface area contributed by atoms with E-state index in [1.165, 1.54) is 52.5 Å². The van der Waals surface area contributed by atoms with E-state index in [-0.39, 0.29) is 0 Å². The molecule has 38 heavy (non-hydrogen) atoms. The minimum Gasteiger partial charge on any atom is -0.310 e. The van der Waals surface area contributed by atoms with Gasteiger partial charge in [-0.1, -0.05) is 91.0 Å². The molecule has 0 saturated heterocycles. The monoisotopic (exact) mass is 501 g/mol. The van der Waals surface area contributed by atoms with Crippen LogP contribution in [0.3, 0.4) is 0 Å². The maximum atomic E-state index is 2.33. The molecule has 0 fully saturated rings. The molecule has 8 aromatic rings. The summed E-state index contributed by atoms with van der Waals surface area (Å²) in [6, 6.07) is 50.6. The van der Waals surface area contributed by atoms with E-state index in [0.29, 0.717) is 0 Å². The predicted octanol–water partition coefficient (Wildman–Crippen LogP) is 11.0. The van der Waals surface area contributed by atoms with E-state index >= 15 is 0 Å². The number of fused-ring (bicyclic) bond motifs is 9. The van der Waals surface area contributed by atoms with Crippen LogP contribution in [0.25, 0.3) is 52.5 Å². The van der Waals surface area contributed by atoms with Crippen LogP contribution in [-0.2, 0) is 0 Å². The number of anilines is 3. The van der Waals surface area contributed by atoms with Gasteiger partial charge >= 0.3 is 0 Å². The maximum absolute atomic E-state index is 2.33. The van der Waals surface area contributed by atoms with Crippen molar-refractivity contribution in [3.05, 3.63) is 140 Å². The molecule has 178 valence electrons. The lowest BCUT2D eigenvalue weighted by molar-refractivity contribution is 1.29. The summed E-state index contributed by atoms with van der Waals surface area (Å²) in [6.45, 7) is 0. The van der Waals surface area contributed by atoms with Crippen molar-refractivity contribution in [2.75, 3.05) is 4.90 Å². The molecule has 0 aliphatic rings. The van der Waals surface area contributed by atoms with Crippen molar-refractivity contribution in [3.63, 3.8) is 0 Å². The first-order valence-electron chi connectivity index (χ1n) is 12.9. The standard InChI is InChI=1S/C36H23NS/c1-3-9-27(10-4-1)37(28-11-5-2-6-12-28)29-20-21-30-26(23-29)18-17-24-15-16-25-19-22-33-36(35(25)34(24)30)31-13-7-8-14-32(31)38-33/h1-23H. The Morgan fingerprint density at radius 3 is 1.71 bits per heavy atom. The van der Waals surface area contributed by atoms with E-state index in [1.807, 2.05) is 11.3 Å². The summed E-state index contributed by atoms with van der Waals surface area (Å²) in [4.78, 5) is 2.33. The van der Waals surface area contributed by atoms with Crippen LogP contribution >= 0.6 is 11.3 Å². The number of rotatable bonds is 3. The molecule has 1 nitrogen and oxygen atoms in total. The molecule has 2 heteroatoms. The fourth-order valence-electron chi connectivity index (χ4n) is 5.91. The van der Waals surface area contributed by atoms with E-state index in [1.54, 1.807) is 0 Å². The molecule has 0 bridgehead atoms. The first kappa shape index (κ1) is 21.4. The van der Waals surface area contributed by atoms with Crippen molar-refractivity contribution in [2.24, 2.45) is 0 Å². The third kappa shape index (κ3) is 3.24. The van der Waals surface area contributed by atoms with Gasteiger partial charge in [0.15, 0.2) is 0 Å². The highest BCUT2D eigenvalue weighted by molar-refractivity contribution is 7.26. The molecular weight excluding hydrogens is 478 g/mol. The number of hydrogen-bond donors (Lipinski definition) is 0. The normalized spacial score (nSPS) is 11.7. The Morgan fingerprint density at radius 2 is 0.974 bits per heavy atom. The van der Waals surface area contributed by atoms with Crippen LogP contribution in [0, 0.1) is 0 Å². The van der Waals surface area contributed by atoms with Crippen LogP contribution in [0.5, 0.6) is 0 Å². The van der Waals surface area contributed by atoms with E-state index < -0.39 is 0 Å². The second-order valence-corrected chi connectivity index (χ2v) is 10.9. The lowest BCUT2D eigenvalue weighted by Gasteiger charge is -2.26. The first-order valence-corrected chi connectivity index (χ1v) is 13.8. The minimum absolute atomic E-state index is 1.15. The second kappa shape index (κ2) is 8.44. The van der Waals surface area contributed by atoms with Crippen LogP contribution in [0.15, 0.2) is 140 Å². The Bertz CT molecular complexity index is 2090. The molecule has 0 amide bonds. The topological polar surface area (TPSA) is 3.24 Å². The summed E-state index contributed by atoms with van der Waals surface area (Å²) in [7, 11) is 0. The minimum atomic E-state index is 1.15. The fraction of sp³-hybridized carbons (Fsp3) is 0. The third-order valence-corrected chi connectivity index (χ3v) is 8.73. The first-order chi connectivity index (χ1) is 18.8. The van der Waals surface area contributed by atoms with E-state index in [2.05, 4.69) is 144 Å². The molecule has 7 aromatic carbocycles. The molecule has 0 aliphatic carbocycles. The lowest BCUT2D eigenvalue weighted by atomic mass is 9.93. The molecule has 0 saturated carbocycles. The molecule has 1 aromatic heterocycles. The Morgan fingerprint density at radius 1 is 0.368 bits per heavy atom. The molecule has 0 unspecified atom stereocenters. The van der Waals surface area contributed by atoms with Crippen molar-refractivity contribution in [3.8, 4) is 0 Å². The van der Waals surface area contributed by atoms with Crippen LogP contribution in [0.1, 0.15) is 0 Å². The Kier molecular flexibility index (Phi) is 4.76. The van der Waals surface area contributed by atoms with Gasteiger partial charge in [0.1, 0.15) is 0 Å². The number of nitrogens with zero attached hydrogens (tertiary/aromatic N) is 1. The second-order valence-electron chi connectivity index (χ2n) is 9.78. The number of hydrogen-bond acceptors (Lipinski definition) is 2. The Balaban J connectivity index is 1.44. The van der Waals surface area contributed by atoms with Crippen molar-refractivity contribution >= 4 is 80.9 Å². The summed E-state index contributed by atoms with van der Waals surface area (Å²) >= 11 is 1.89. The summed E-state index contributed by atoms with van der Waals surface area (Å²) in [5, 5.41) is 10.5. The lowest BCUT2D eigenvalue weighted by Crippen LogP contribution is -2.09. The number of benzene rings is 7. The van der Waals surface area contributed by atoms with Crippen LogP contribution < -0.4 is 4.90 Å². The zero-order chi connectivity index (χ0) is 25.1. The zero-order valence-corrected chi connectivity index (χ0v) is 21.5. The van der Waals surface area contributed by atoms with Gasteiger partial charge in [-0.3, -0.25) is 0 Å². The van der Waals surface area contributed by atoms with Crippen LogP contribution in [0.4, 0.5) is 17.1 Å². The van der Waals surface area contributed by atoms with E-state index in [9.17, 15) is 0 Å².